The summed E-state index contributed by atoms with van der Waals surface area (Å²) in [5.41, 5.74) is -0.00319. The van der Waals surface area contributed by atoms with Crippen molar-refractivity contribution in [3.63, 3.8) is 0 Å². The third kappa shape index (κ3) is 2.79. The number of ether oxygens (including phenoxy) is 1. The Balaban J connectivity index is 2.28. The predicted octanol–water partition coefficient (Wildman–Crippen LogP) is 1.47. The molecule has 0 bridgehead atoms. The lowest BCUT2D eigenvalue weighted by molar-refractivity contribution is -0.131. The predicted molar refractivity (Wildman–Crippen MR) is 74.0 cm³/mol. The Morgan fingerprint density at radius 3 is 2.38 bits per heavy atom. The standard InChI is InChI=1S/C15H15NO5/c1-9(17)13-12(18)7-8-16(15(13)20)14(19)10-3-5-11(21-2)6-4-10/h3-6,17H,7-8H2,1-2H3/b13-9-. The number of likely N-dealkylation sites (tertiary alicyclic amines) is 1. The maximum atomic E-state index is 12.3. The SMILES string of the molecule is COc1ccc(C(=O)N2CCC(=O)/C(=C(\C)O)C2=O)cc1. The molecule has 0 spiro atoms. The van der Waals surface area contributed by atoms with E-state index < -0.39 is 17.6 Å². The smallest absolute Gasteiger partial charge is 0.267 e. The van der Waals surface area contributed by atoms with E-state index in [2.05, 4.69) is 0 Å². The summed E-state index contributed by atoms with van der Waals surface area (Å²) in [6.07, 6.45) is 0.0148. The first-order valence-electron chi connectivity index (χ1n) is 6.39. The van der Waals surface area contributed by atoms with Crippen LogP contribution in [0, 0.1) is 0 Å². The minimum absolute atomic E-state index is 0.0132. The van der Waals surface area contributed by atoms with Gasteiger partial charge in [0, 0.05) is 18.5 Å². The Morgan fingerprint density at radius 2 is 1.86 bits per heavy atom. The van der Waals surface area contributed by atoms with Crippen LogP contribution in [0.15, 0.2) is 35.6 Å². The number of aliphatic hydroxyl groups excluding tert-OH is 1. The van der Waals surface area contributed by atoms with E-state index in [9.17, 15) is 19.5 Å². The largest absolute Gasteiger partial charge is 0.512 e. The maximum Gasteiger partial charge on any atom is 0.267 e. The van der Waals surface area contributed by atoms with Gasteiger partial charge in [0.25, 0.3) is 11.8 Å². The van der Waals surface area contributed by atoms with Crippen molar-refractivity contribution in [3.8, 4) is 5.75 Å². The van der Waals surface area contributed by atoms with Crippen molar-refractivity contribution in [2.45, 2.75) is 13.3 Å². The molecule has 110 valence electrons. The van der Waals surface area contributed by atoms with Crippen molar-refractivity contribution in [2.24, 2.45) is 0 Å². The molecule has 0 aromatic heterocycles. The van der Waals surface area contributed by atoms with Crippen LogP contribution >= 0.6 is 0 Å². The van der Waals surface area contributed by atoms with E-state index in [0.717, 1.165) is 4.90 Å². The number of allylic oxidation sites excluding steroid dienone is 1. The normalized spacial score (nSPS) is 17.7. The van der Waals surface area contributed by atoms with Crippen molar-refractivity contribution < 1.29 is 24.2 Å². The molecule has 1 aliphatic heterocycles. The van der Waals surface area contributed by atoms with Crippen LogP contribution in [-0.4, -0.2) is 41.3 Å². The second-order valence-corrected chi connectivity index (χ2v) is 4.62. The van der Waals surface area contributed by atoms with Crippen molar-refractivity contribution in [1.29, 1.82) is 0 Å². The fraction of sp³-hybridized carbons (Fsp3) is 0.267. The molecule has 1 N–H and O–H groups in total. The van der Waals surface area contributed by atoms with Crippen LogP contribution in [0.4, 0.5) is 0 Å². The number of rotatable bonds is 2. The monoisotopic (exact) mass is 289 g/mol. The molecule has 0 radical (unpaired) electrons. The van der Waals surface area contributed by atoms with Gasteiger partial charge in [-0.15, -0.1) is 0 Å². The lowest BCUT2D eigenvalue weighted by Gasteiger charge is -2.26. The number of carbonyl (C=O) groups excluding carboxylic acids is 3. The van der Waals surface area contributed by atoms with Crippen LogP contribution in [0.3, 0.4) is 0 Å². The molecule has 2 amide bonds. The molecule has 6 heteroatoms. The van der Waals surface area contributed by atoms with Gasteiger partial charge >= 0.3 is 0 Å². The van der Waals surface area contributed by atoms with E-state index in [1.54, 1.807) is 24.3 Å². The second-order valence-electron chi connectivity index (χ2n) is 4.62. The van der Waals surface area contributed by atoms with Crippen LogP contribution in [0.1, 0.15) is 23.7 Å². The lowest BCUT2D eigenvalue weighted by atomic mass is 10.00. The highest BCUT2D eigenvalue weighted by Gasteiger charge is 2.35. The fourth-order valence-corrected chi connectivity index (χ4v) is 2.13. The lowest BCUT2D eigenvalue weighted by Crippen LogP contribution is -2.45. The summed E-state index contributed by atoms with van der Waals surface area (Å²) in [6, 6.07) is 6.31. The van der Waals surface area contributed by atoms with Crippen molar-refractivity contribution in [3.05, 3.63) is 41.2 Å². The van der Waals surface area contributed by atoms with Crippen molar-refractivity contribution >= 4 is 17.6 Å². The minimum Gasteiger partial charge on any atom is -0.512 e. The number of methoxy groups -OCH3 is 1. The molecule has 1 aromatic rings. The van der Waals surface area contributed by atoms with Crippen LogP contribution in [0.2, 0.25) is 0 Å². The number of hydrogen-bond acceptors (Lipinski definition) is 5. The molecular formula is C15H15NO5. The van der Waals surface area contributed by atoms with E-state index in [1.165, 1.54) is 14.0 Å². The zero-order valence-corrected chi connectivity index (χ0v) is 11.8. The van der Waals surface area contributed by atoms with Gasteiger partial charge in [0.1, 0.15) is 17.1 Å². The average Bonchev–Trinajstić information content (AvgIpc) is 2.46. The highest BCUT2D eigenvalue weighted by atomic mass is 16.5. The van der Waals surface area contributed by atoms with Crippen LogP contribution in [0.25, 0.3) is 0 Å². The molecule has 0 saturated carbocycles. The molecule has 1 aliphatic rings. The van der Waals surface area contributed by atoms with Crippen molar-refractivity contribution in [1.82, 2.24) is 4.90 Å². The highest BCUT2D eigenvalue weighted by Crippen LogP contribution is 2.20. The first-order valence-corrected chi connectivity index (χ1v) is 6.39. The molecule has 6 nitrogen and oxygen atoms in total. The third-order valence-electron chi connectivity index (χ3n) is 3.24. The van der Waals surface area contributed by atoms with Gasteiger partial charge in [0.15, 0.2) is 5.78 Å². The molecule has 0 aliphatic carbocycles. The van der Waals surface area contributed by atoms with Gasteiger partial charge in [-0.3, -0.25) is 19.3 Å². The van der Waals surface area contributed by atoms with E-state index in [1.807, 2.05) is 0 Å². The van der Waals surface area contributed by atoms with E-state index in [-0.39, 0.29) is 24.3 Å². The van der Waals surface area contributed by atoms with Gasteiger partial charge in [-0.1, -0.05) is 0 Å². The van der Waals surface area contributed by atoms with Gasteiger partial charge in [-0.2, -0.15) is 0 Å². The summed E-state index contributed by atoms with van der Waals surface area (Å²) in [6.45, 7) is 1.27. The molecule has 21 heavy (non-hydrogen) atoms. The Kier molecular flexibility index (Phi) is 4.07. The maximum absolute atomic E-state index is 12.3. The fourth-order valence-electron chi connectivity index (χ4n) is 2.13. The molecule has 1 fully saturated rings. The van der Waals surface area contributed by atoms with Gasteiger partial charge in [0.2, 0.25) is 0 Å². The number of aliphatic hydroxyl groups is 1. The van der Waals surface area contributed by atoms with Gasteiger partial charge in [-0.05, 0) is 31.2 Å². The number of ketones is 1. The second kappa shape index (κ2) is 5.78. The molecule has 1 aromatic carbocycles. The van der Waals surface area contributed by atoms with E-state index >= 15 is 0 Å². The van der Waals surface area contributed by atoms with Gasteiger partial charge in [0.05, 0.1) is 7.11 Å². The van der Waals surface area contributed by atoms with Crippen LogP contribution < -0.4 is 4.74 Å². The third-order valence-corrected chi connectivity index (χ3v) is 3.24. The summed E-state index contributed by atoms with van der Waals surface area (Å²) in [5.74, 6) is -1.48. The number of benzene rings is 1. The quantitative estimate of drug-likeness (QED) is 0.386. The number of amides is 2. The van der Waals surface area contributed by atoms with Crippen LogP contribution in [0.5, 0.6) is 5.75 Å². The molecular weight excluding hydrogens is 274 g/mol. The van der Waals surface area contributed by atoms with E-state index in [4.69, 9.17) is 4.74 Å². The van der Waals surface area contributed by atoms with E-state index in [0.29, 0.717) is 11.3 Å². The number of hydrogen-bond donors (Lipinski definition) is 1. The molecule has 2 rings (SSSR count). The Morgan fingerprint density at radius 1 is 1.24 bits per heavy atom. The first-order chi connectivity index (χ1) is 9.95. The summed E-state index contributed by atoms with van der Waals surface area (Å²) >= 11 is 0. The number of carbonyl (C=O) groups is 3. The molecule has 1 saturated heterocycles. The van der Waals surface area contributed by atoms with Gasteiger partial charge in [-0.25, -0.2) is 0 Å². The Labute approximate surface area is 121 Å². The number of nitrogens with zero attached hydrogens (tertiary/aromatic N) is 1. The zero-order chi connectivity index (χ0) is 15.6. The minimum atomic E-state index is -0.757. The summed E-state index contributed by atoms with van der Waals surface area (Å²) in [5, 5.41) is 9.44. The zero-order valence-electron chi connectivity index (χ0n) is 11.8. The Hall–Kier alpha value is -2.63. The summed E-state index contributed by atoms with van der Waals surface area (Å²) < 4.78 is 5.00. The number of piperidine rings is 1. The Bertz CT molecular complexity index is 626. The molecule has 1 heterocycles. The summed E-state index contributed by atoms with van der Waals surface area (Å²) in [4.78, 5) is 37.1. The average molecular weight is 289 g/mol. The molecule has 0 unspecified atom stereocenters. The molecule has 0 atom stereocenters. The topological polar surface area (TPSA) is 83.9 Å². The number of imide groups is 1. The highest BCUT2D eigenvalue weighted by molar-refractivity contribution is 6.25. The van der Waals surface area contributed by atoms with Crippen LogP contribution in [-0.2, 0) is 9.59 Å². The first kappa shape index (κ1) is 14.8. The van der Waals surface area contributed by atoms with Crippen molar-refractivity contribution in [2.75, 3.05) is 13.7 Å². The van der Waals surface area contributed by atoms with Gasteiger partial charge < -0.3 is 9.84 Å². The summed E-state index contributed by atoms with van der Waals surface area (Å²) in [7, 11) is 1.51. The number of Topliss-reactive ketones (excluding diaryl/α,β-unsaturated/α-hetero) is 1.